The molecular formula is C8H13N3OS. The van der Waals surface area contributed by atoms with Crippen LogP contribution in [0.1, 0.15) is 15.4 Å². The van der Waals surface area contributed by atoms with Crippen molar-refractivity contribution in [3.8, 4) is 0 Å². The van der Waals surface area contributed by atoms with Crippen molar-refractivity contribution in [1.82, 2.24) is 15.6 Å². The van der Waals surface area contributed by atoms with Crippen LogP contribution in [0.3, 0.4) is 0 Å². The van der Waals surface area contributed by atoms with E-state index in [0.717, 1.165) is 12.2 Å². The van der Waals surface area contributed by atoms with Crippen LogP contribution in [0.5, 0.6) is 0 Å². The van der Waals surface area contributed by atoms with Gasteiger partial charge in [-0.25, -0.2) is 4.98 Å². The molecule has 0 saturated heterocycles. The molecule has 0 fully saturated rings. The van der Waals surface area contributed by atoms with E-state index in [9.17, 15) is 4.79 Å². The van der Waals surface area contributed by atoms with E-state index in [1.807, 2.05) is 14.0 Å². The standard InChI is InChI=1S/C8H13N3OS/c1-6-7(13-5-11-6)8(12)10-4-3-9-2/h5,9H,3-4H2,1-2H3,(H,10,12). The van der Waals surface area contributed by atoms with Gasteiger partial charge >= 0.3 is 0 Å². The number of carbonyl (C=O) groups excluding carboxylic acids is 1. The van der Waals surface area contributed by atoms with Crippen molar-refractivity contribution in [2.75, 3.05) is 20.1 Å². The van der Waals surface area contributed by atoms with Gasteiger partial charge in [-0.2, -0.15) is 0 Å². The number of aryl methyl sites for hydroxylation is 1. The predicted molar refractivity (Wildman–Crippen MR) is 53.1 cm³/mol. The molecule has 0 saturated carbocycles. The second-order valence-electron chi connectivity index (χ2n) is 2.63. The quantitative estimate of drug-likeness (QED) is 0.690. The van der Waals surface area contributed by atoms with Crippen molar-refractivity contribution in [1.29, 1.82) is 0 Å². The normalized spacial score (nSPS) is 10.0. The first-order chi connectivity index (χ1) is 6.25. The van der Waals surface area contributed by atoms with Gasteiger partial charge in [0.25, 0.3) is 5.91 Å². The minimum absolute atomic E-state index is 0.0322. The van der Waals surface area contributed by atoms with E-state index in [2.05, 4.69) is 15.6 Å². The van der Waals surface area contributed by atoms with Crippen LogP contribution >= 0.6 is 11.3 Å². The Bertz CT molecular complexity index is 285. The number of nitrogens with one attached hydrogen (secondary N) is 2. The Hall–Kier alpha value is -0.940. The van der Waals surface area contributed by atoms with Crippen LogP contribution in [0.15, 0.2) is 5.51 Å². The number of amides is 1. The number of nitrogens with zero attached hydrogens (tertiary/aromatic N) is 1. The van der Waals surface area contributed by atoms with E-state index >= 15 is 0 Å². The summed E-state index contributed by atoms with van der Waals surface area (Å²) in [6.45, 7) is 3.26. The van der Waals surface area contributed by atoms with Gasteiger partial charge in [0.15, 0.2) is 0 Å². The highest BCUT2D eigenvalue weighted by molar-refractivity contribution is 7.11. The van der Waals surface area contributed by atoms with E-state index in [1.165, 1.54) is 11.3 Å². The smallest absolute Gasteiger partial charge is 0.263 e. The average Bonchev–Trinajstić information content (AvgIpc) is 2.52. The van der Waals surface area contributed by atoms with Crippen molar-refractivity contribution in [3.05, 3.63) is 16.1 Å². The number of aromatic nitrogens is 1. The lowest BCUT2D eigenvalue weighted by molar-refractivity contribution is 0.0957. The summed E-state index contributed by atoms with van der Waals surface area (Å²) in [5, 5.41) is 5.75. The number of thiazole rings is 1. The third kappa shape index (κ3) is 2.78. The highest BCUT2D eigenvalue weighted by Gasteiger charge is 2.09. The molecule has 0 aliphatic heterocycles. The molecule has 0 spiro atoms. The van der Waals surface area contributed by atoms with E-state index < -0.39 is 0 Å². The number of carbonyl (C=O) groups is 1. The Morgan fingerprint density at radius 3 is 2.92 bits per heavy atom. The number of rotatable bonds is 4. The molecule has 0 atom stereocenters. The molecule has 0 unspecified atom stereocenters. The summed E-state index contributed by atoms with van der Waals surface area (Å²) < 4.78 is 0. The van der Waals surface area contributed by atoms with Crippen molar-refractivity contribution < 1.29 is 4.79 Å². The topological polar surface area (TPSA) is 54.0 Å². The highest BCUT2D eigenvalue weighted by atomic mass is 32.1. The summed E-state index contributed by atoms with van der Waals surface area (Å²) in [7, 11) is 1.85. The van der Waals surface area contributed by atoms with Crippen LogP contribution in [0.25, 0.3) is 0 Å². The molecule has 0 aromatic carbocycles. The number of likely N-dealkylation sites (N-methyl/N-ethyl adjacent to an activating group) is 1. The zero-order valence-corrected chi connectivity index (χ0v) is 8.57. The lowest BCUT2D eigenvalue weighted by Crippen LogP contribution is -2.30. The Labute approximate surface area is 81.4 Å². The van der Waals surface area contributed by atoms with Crippen molar-refractivity contribution in [3.63, 3.8) is 0 Å². The van der Waals surface area contributed by atoms with Crippen LogP contribution in [-0.2, 0) is 0 Å². The fourth-order valence-corrected chi connectivity index (χ4v) is 1.62. The van der Waals surface area contributed by atoms with Gasteiger partial charge in [0.05, 0.1) is 11.2 Å². The monoisotopic (exact) mass is 199 g/mol. The molecule has 1 aromatic heterocycles. The molecule has 1 heterocycles. The third-order valence-electron chi connectivity index (χ3n) is 1.61. The summed E-state index contributed by atoms with van der Waals surface area (Å²) in [6.07, 6.45) is 0. The first kappa shape index (κ1) is 10.1. The molecule has 13 heavy (non-hydrogen) atoms. The molecule has 0 bridgehead atoms. The third-order valence-corrected chi connectivity index (χ3v) is 2.54. The average molecular weight is 199 g/mol. The minimum Gasteiger partial charge on any atom is -0.350 e. The molecule has 72 valence electrons. The van der Waals surface area contributed by atoms with Gasteiger partial charge in [0.2, 0.25) is 0 Å². The van der Waals surface area contributed by atoms with Gasteiger partial charge in [-0.3, -0.25) is 4.79 Å². The lowest BCUT2D eigenvalue weighted by Gasteiger charge is -2.02. The van der Waals surface area contributed by atoms with E-state index in [0.29, 0.717) is 11.4 Å². The van der Waals surface area contributed by atoms with Gasteiger partial charge in [-0.05, 0) is 14.0 Å². The van der Waals surface area contributed by atoms with Gasteiger partial charge in [0, 0.05) is 13.1 Å². The maximum Gasteiger partial charge on any atom is 0.263 e. The Morgan fingerprint density at radius 1 is 1.62 bits per heavy atom. The fraction of sp³-hybridized carbons (Fsp3) is 0.500. The molecule has 1 rings (SSSR count). The Kier molecular flexibility index (Phi) is 3.85. The first-order valence-electron chi connectivity index (χ1n) is 4.08. The molecular weight excluding hydrogens is 186 g/mol. The molecule has 4 nitrogen and oxygen atoms in total. The van der Waals surface area contributed by atoms with Crippen molar-refractivity contribution >= 4 is 17.2 Å². The maximum absolute atomic E-state index is 11.4. The molecule has 5 heteroatoms. The summed E-state index contributed by atoms with van der Waals surface area (Å²) in [4.78, 5) is 16.1. The van der Waals surface area contributed by atoms with Crippen LogP contribution in [0.4, 0.5) is 0 Å². The minimum atomic E-state index is -0.0322. The van der Waals surface area contributed by atoms with Gasteiger partial charge in [-0.15, -0.1) is 11.3 Å². The second kappa shape index (κ2) is 4.94. The summed E-state index contributed by atoms with van der Waals surface area (Å²) >= 11 is 1.37. The molecule has 2 N–H and O–H groups in total. The summed E-state index contributed by atoms with van der Waals surface area (Å²) in [5.74, 6) is -0.0322. The number of hydrogen-bond acceptors (Lipinski definition) is 4. The highest BCUT2D eigenvalue weighted by Crippen LogP contribution is 2.10. The molecule has 0 aliphatic rings. The van der Waals surface area contributed by atoms with Crippen LogP contribution in [0.2, 0.25) is 0 Å². The van der Waals surface area contributed by atoms with Gasteiger partial charge < -0.3 is 10.6 Å². The number of hydrogen-bond donors (Lipinski definition) is 2. The Balaban J connectivity index is 2.45. The molecule has 0 radical (unpaired) electrons. The Morgan fingerprint density at radius 2 is 2.38 bits per heavy atom. The summed E-state index contributed by atoms with van der Waals surface area (Å²) in [6, 6.07) is 0. The maximum atomic E-state index is 11.4. The van der Waals surface area contributed by atoms with Crippen LogP contribution in [0, 0.1) is 6.92 Å². The largest absolute Gasteiger partial charge is 0.350 e. The van der Waals surface area contributed by atoms with Crippen LogP contribution < -0.4 is 10.6 Å². The second-order valence-corrected chi connectivity index (χ2v) is 3.48. The van der Waals surface area contributed by atoms with E-state index in [-0.39, 0.29) is 5.91 Å². The fourth-order valence-electron chi connectivity index (χ4n) is 0.901. The zero-order valence-electron chi connectivity index (χ0n) is 7.76. The first-order valence-corrected chi connectivity index (χ1v) is 4.96. The molecule has 0 aliphatic carbocycles. The van der Waals surface area contributed by atoms with Crippen molar-refractivity contribution in [2.24, 2.45) is 0 Å². The van der Waals surface area contributed by atoms with Gasteiger partial charge in [-0.1, -0.05) is 0 Å². The molecule has 1 amide bonds. The van der Waals surface area contributed by atoms with Crippen molar-refractivity contribution in [2.45, 2.75) is 6.92 Å². The zero-order chi connectivity index (χ0) is 9.68. The van der Waals surface area contributed by atoms with Gasteiger partial charge in [0.1, 0.15) is 4.88 Å². The van der Waals surface area contributed by atoms with E-state index in [1.54, 1.807) is 5.51 Å². The van der Waals surface area contributed by atoms with Crippen LogP contribution in [-0.4, -0.2) is 31.0 Å². The van der Waals surface area contributed by atoms with E-state index in [4.69, 9.17) is 0 Å². The summed E-state index contributed by atoms with van der Waals surface area (Å²) in [5.41, 5.74) is 2.48. The SMILES string of the molecule is CNCCNC(=O)c1scnc1C. The predicted octanol–water partition coefficient (Wildman–Crippen LogP) is 0.401. The molecule has 1 aromatic rings. The lowest BCUT2D eigenvalue weighted by atomic mass is 10.4.